The molecule has 4 nitrogen and oxygen atoms in total. The lowest BCUT2D eigenvalue weighted by Crippen LogP contribution is -2.10. The monoisotopic (exact) mass is 230 g/mol. The summed E-state index contributed by atoms with van der Waals surface area (Å²) in [4.78, 5) is 14.7. The summed E-state index contributed by atoms with van der Waals surface area (Å²) in [6.45, 7) is 1.65. The molecule has 0 aliphatic rings. The Balaban J connectivity index is 3.09. The second-order valence-corrected chi connectivity index (χ2v) is 3.28. The van der Waals surface area contributed by atoms with Gasteiger partial charge in [0.25, 0.3) is 6.43 Å². The van der Waals surface area contributed by atoms with Crippen LogP contribution in [0.3, 0.4) is 0 Å². The molecular weight excluding hydrogens is 218 g/mol. The molecular formula is C10H12F2N2O2. The van der Waals surface area contributed by atoms with Gasteiger partial charge in [0.05, 0.1) is 24.9 Å². The number of esters is 1. The van der Waals surface area contributed by atoms with Crippen LogP contribution < -0.4 is 5.73 Å². The fourth-order valence-electron chi connectivity index (χ4n) is 1.25. The molecule has 16 heavy (non-hydrogen) atoms. The van der Waals surface area contributed by atoms with Crippen molar-refractivity contribution in [2.45, 2.75) is 19.8 Å². The average molecular weight is 230 g/mol. The Hall–Kier alpha value is -1.72. The first-order valence-electron chi connectivity index (χ1n) is 4.56. The van der Waals surface area contributed by atoms with Crippen LogP contribution in [0.4, 0.5) is 14.5 Å². The van der Waals surface area contributed by atoms with Gasteiger partial charge in [0.2, 0.25) is 0 Å². The van der Waals surface area contributed by atoms with E-state index in [1.807, 2.05) is 0 Å². The summed E-state index contributed by atoms with van der Waals surface area (Å²) in [5.41, 5.74) is 5.68. The summed E-state index contributed by atoms with van der Waals surface area (Å²) in [6.07, 6.45) is -2.89. The van der Waals surface area contributed by atoms with Crippen LogP contribution in [0, 0.1) is 6.92 Å². The summed E-state index contributed by atoms with van der Waals surface area (Å²) in [7, 11) is 1.23. The minimum atomic E-state index is -2.75. The number of ether oxygens (including phenoxy) is 1. The molecule has 0 aliphatic heterocycles. The number of alkyl halides is 2. The predicted octanol–water partition coefficient (Wildman–Crippen LogP) is 1.63. The molecule has 0 saturated carbocycles. The number of halogens is 2. The number of aromatic nitrogens is 1. The third-order valence-electron chi connectivity index (χ3n) is 2.12. The Morgan fingerprint density at radius 2 is 2.25 bits per heavy atom. The van der Waals surface area contributed by atoms with Crippen molar-refractivity contribution in [3.05, 3.63) is 23.0 Å². The largest absolute Gasteiger partial charge is 0.469 e. The standard InChI is InChI=1S/C10H12F2N2O2/c1-5-3-6(13)9(10(11)12)14-7(5)4-8(15)16-2/h3,10H,4,13H2,1-2H3. The van der Waals surface area contributed by atoms with Crippen LogP contribution in [0.5, 0.6) is 0 Å². The molecule has 0 saturated heterocycles. The zero-order valence-corrected chi connectivity index (χ0v) is 8.96. The fraction of sp³-hybridized carbons (Fsp3) is 0.400. The van der Waals surface area contributed by atoms with Gasteiger partial charge in [-0.15, -0.1) is 0 Å². The first kappa shape index (κ1) is 12.4. The minimum absolute atomic E-state index is 0.0684. The molecule has 0 aromatic carbocycles. The van der Waals surface area contributed by atoms with Gasteiger partial charge in [-0.1, -0.05) is 0 Å². The Labute approximate surface area is 91.4 Å². The third kappa shape index (κ3) is 2.65. The van der Waals surface area contributed by atoms with E-state index in [9.17, 15) is 13.6 Å². The summed E-state index contributed by atoms with van der Waals surface area (Å²) < 4.78 is 29.4. The maximum atomic E-state index is 12.5. The first-order chi connectivity index (χ1) is 7.45. The van der Waals surface area contributed by atoms with Gasteiger partial charge in [-0.25, -0.2) is 13.8 Å². The number of methoxy groups -OCH3 is 1. The van der Waals surface area contributed by atoms with Crippen molar-refractivity contribution in [3.63, 3.8) is 0 Å². The molecule has 2 N–H and O–H groups in total. The number of carbonyl (C=O) groups excluding carboxylic acids is 1. The molecule has 1 aromatic rings. The van der Waals surface area contributed by atoms with Gasteiger partial charge in [-0.3, -0.25) is 4.79 Å². The Morgan fingerprint density at radius 3 is 2.75 bits per heavy atom. The number of carbonyl (C=O) groups is 1. The van der Waals surface area contributed by atoms with Crippen molar-refractivity contribution in [1.29, 1.82) is 0 Å². The zero-order valence-electron chi connectivity index (χ0n) is 8.96. The van der Waals surface area contributed by atoms with E-state index in [0.717, 1.165) is 0 Å². The average Bonchev–Trinajstić information content (AvgIpc) is 2.21. The maximum Gasteiger partial charge on any atom is 0.311 e. The smallest absolute Gasteiger partial charge is 0.311 e. The lowest BCUT2D eigenvalue weighted by Gasteiger charge is -2.09. The van der Waals surface area contributed by atoms with Crippen molar-refractivity contribution in [2.24, 2.45) is 0 Å². The number of aryl methyl sites for hydroxylation is 1. The van der Waals surface area contributed by atoms with Crippen molar-refractivity contribution < 1.29 is 18.3 Å². The first-order valence-corrected chi connectivity index (χ1v) is 4.56. The van der Waals surface area contributed by atoms with Crippen molar-refractivity contribution in [2.75, 3.05) is 12.8 Å². The quantitative estimate of drug-likeness (QED) is 0.801. The van der Waals surface area contributed by atoms with Gasteiger partial charge < -0.3 is 10.5 Å². The minimum Gasteiger partial charge on any atom is -0.469 e. The van der Waals surface area contributed by atoms with Gasteiger partial charge in [0.1, 0.15) is 5.69 Å². The lowest BCUT2D eigenvalue weighted by atomic mass is 10.1. The highest BCUT2D eigenvalue weighted by atomic mass is 19.3. The molecule has 0 unspecified atom stereocenters. The summed E-state index contributed by atoms with van der Waals surface area (Å²) in [6, 6.07) is 1.38. The number of rotatable bonds is 3. The number of nitrogens with zero attached hydrogens (tertiary/aromatic N) is 1. The molecule has 6 heteroatoms. The third-order valence-corrected chi connectivity index (χ3v) is 2.12. The van der Waals surface area contributed by atoms with E-state index in [-0.39, 0.29) is 17.8 Å². The highest BCUT2D eigenvalue weighted by molar-refractivity contribution is 5.72. The number of hydrogen-bond donors (Lipinski definition) is 1. The van der Waals surface area contributed by atoms with E-state index < -0.39 is 18.1 Å². The lowest BCUT2D eigenvalue weighted by molar-refractivity contribution is -0.139. The Morgan fingerprint density at radius 1 is 1.62 bits per heavy atom. The number of nitrogen functional groups attached to an aromatic ring is 1. The highest BCUT2D eigenvalue weighted by Crippen LogP contribution is 2.25. The Bertz CT molecular complexity index is 408. The Kier molecular flexibility index (Phi) is 3.76. The van der Waals surface area contributed by atoms with Crippen LogP contribution >= 0.6 is 0 Å². The predicted molar refractivity (Wildman–Crippen MR) is 54.1 cm³/mol. The molecule has 0 aliphatic carbocycles. The van der Waals surface area contributed by atoms with Gasteiger partial charge in [-0.2, -0.15) is 0 Å². The van der Waals surface area contributed by atoms with Crippen LogP contribution in [-0.4, -0.2) is 18.1 Å². The maximum absolute atomic E-state index is 12.5. The molecule has 1 rings (SSSR count). The summed E-state index contributed by atoms with van der Waals surface area (Å²) >= 11 is 0. The second-order valence-electron chi connectivity index (χ2n) is 3.28. The van der Waals surface area contributed by atoms with E-state index in [2.05, 4.69) is 9.72 Å². The van der Waals surface area contributed by atoms with E-state index in [0.29, 0.717) is 5.56 Å². The molecule has 1 aromatic heterocycles. The molecule has 0 spiro atoms. The number of pyridine rings is 1. The van der Waals surface area contributed by atoms with Crippen molar-refractivity contribution in [3.8, 4) is 0 Å². The van der Waals surface area contributed by atoms with Gasteiger partial charge >= 0.3 is 5.97 Å². The van der Waals surface area contributed by atoms with Crippen molar-refractivity contribution in [1.82, 2.24) is 4.98 Å². The van der Waals surface area contributed by atoms with Crippen LogP contribution in [0.2, 0.25) is 0 Å². The van der Waals surface area contributed by atoms with Crippen LogP contribution in [0.15, 0.2) is 6.07 Å². The molecule has 0 atom stereocenters. The SMILES string of the molecule is COC(=O)Cc1nc(C(F)F)c(N)cc1C. The summed E-state index contributed by atoms with van der Waals surface area (Å²) in [5.74, 6) is -0.527. The molecule has 1 heterocycles. The molecule has 88 valence electrons. The number of anilines is 1. The second kappa shape index (κ2) is 4.87. The van der Waals surface area contributed by atoms with Gasteiger partial charge in [-0.05, 0) is 18.6 Å². The number of hydrogen-bond acceptors (Lipinski definition) is 4. The number of nitrogens with two attached hydrogens (primary N) is 1. The van der Waals surface area contributed by atoms with Crippen LogP contribution in [0.25, 0.3) is 0 Å². The molecule has 0 fully saturated rings. The van der Waals surface area contributed by atoms with Crippen LogP contribution in [0.1, 0.15) is 23.4 Å². The molecule has 0 amide bonds. The van der Waals surface area contributed by atoms with Crippen LogP contribution in [-0.2, 0) is 16.0 Å². The normalized spacial score (nSPS) is 10.6. The van der Waals surface area contributed by atoms with Gasteiger partial charge in [0, 0.05) is 0 Å². The topological polar surface area (TPSA) is 65.2 Å². The van der Waals surface area contributed by atoms with Crippen molar-refractivity contribution >= 4 is 11.7 Å². The van der Waals surface area contributed by atoms with E-state index >= 15 is 0 Å². The van der Waals surface area contributed by atoms with Gasteiger partial charge in [0.15, 0.2) is 0 Å². The molecule has 0 radical (unpaired) electrons. The zero-order chi connectivity index (χ0) is 12.3. The fourth-order valence-corrected chi connectivity index (χ4v) is 1.25. The van der Waals surface area contributed by atoms with E-state index in [1.165, 1.54) is 13.2 Å². The van der Waals surface area contributed by atoms with E-state index in [4.69, 9.17) is 5.73 Å². The highest BCUT2D eigenvalue weighted by Gasteiger charge is 2.17. The molecule has 0 bridgehead atoms. The van der Waals surface area contributed by atoms with E-state index in [1.54, 1.807) is 6.92 Å². The summed E-state index contributed by atoms with van der Waals surface area (Å²) in [5, 5.41) is 0.